The molecule has 3 nitrogen and oxygen atoms in total. The van der Waals surface area contributed by atoms with Crippen molar-refractivity contribution in [2.24, 2.45) is 5.92 Å². The third kappa shape index (κ3) is 4.73. The summed E-state index contributed by atoms with van der Waals surface area (Å²) in [6.45, 7) is 5.86. The van der Waals surface area contributed by atoms with Gasteiger partial charge < -0.3 is 10.2 Å². The molecule has 1 unspecified atom stereocenters. The molecule has 0 spiro atoms. The van der Waals surface area contributed by atoms with Crippen molar-refractivity contribution >= 4 is 6.03 Å². The second kappa shape index (κ2) is 7.43. The molecule has 1 aliphatic heterocycles. The number of benzene rings is 1. The van der Waals surface area contributed by atoms with Gasteiger partial charge in [-0.2, -0.15) is 0 Å². The Morgan fingerprint density at radius 3 is 2.76 bits per heavy atom. The third-order valence-electron chi connectivity index (χ3n) is 4.02. The van der Waals surface area contributed by atoms with E-state index < -0.39 is 0 Å². The van der Waals surface area contributed by atoms with Gasteiger partial charge in [-0.05, 0) is 49.3 Å². The highest BCUT2D eigenvalue weighted by atomic mass is 19.1. The van der Waals surface area contributed by atoms with Crippen molar-refractivity contribution in [1.82, 2.24) is 10.2 Å². The first kappa shape index (κ1) is 15.8. The summed E-state index contributed by atoms with van der Waals surface area (Å²) in [7, 11) is 0. The number of halogens is 1. The lowest BCUT2D eigenvalue weighted by molar-refractivity contribution is 0.192. The summed E-state index contributed by atoms with van der Waals surface area (Å²) in [5.41, 5.74) is 1.09. The fourth-order valence-corrected chi connectivity index (χ4v) is 2.78. The van der Waals surface area contributed by atoms with Crippen LogP contribution < -0.4 is 5.32 Å². The van der Waals surface area contributed by atoms with Crippen LogP contribution in [0.5, 0.6) is 0 Å². The fourth-order valence-electron chi connectivity index (χ4n) is 2.78. The first-order valence-corrected chi connectivity index (χ1v) is 7.85. The largest absolute Gasteiger partial charge is 0.338 e. The Bertz CT molecular complexity index is 458. The van der Waals surface area contributed by atoms with E-state index in [2.05, 4.69) is 19.2 Å². The number of hydrogen-bond donors (Lipinski definition) is 1. The summed E-state index contributed by atoms with van der Waals surface area (Å²) in [6.07, 6.45) is 3.87. The third-order valence-corrected chi connectivity index (χ3v) is 4.02. The zero-order chi connectivity index (χ0) is 15.2. The molecule has 2 amide bonds. The number of nitrogens with zero attached hydrogens (tertiary/aromatic N) is 1. The highest BCUT2D eigenvalue weighted by Gasteiger charge is 2.28. The quantitative estimate of drug-likeness (QED) is 0.883. The molecule has 1 aliphatic rings. The molecule has 21 heavy (non-hydrogen) atoms. The second-order valence-corrected chi connectivity index (χ2v) is 6.23. The van der Waals surface area contributed by atoms with E-state index in [9.17, 15) is 9.18 Å². The van der Waals surface area contributed by atoms with Crippen LogP contribution in [-0.2, 0) is 6.42 Å². The van der Waals surface area contributed by atoms with Gasteiger partial charge in [0.05, 0.1) is 0 Å². The van der Waals surface area contributed by atoms with E-state index in [0.717, 1.165) is 44.3 Å². The van der Waals surface area contributed by atoms with Gasteiger partial charge in [0.25, 0.3) is 0 Å². The average Bonchev–Trinajstić information content (AvgIpc) is 2.89. The summed E-state index contributed by atoms with van der Waals surface area (Å²) in [6, 6.07) is 6.86. The van der Waals surface area contributed by atoms with E-state index in [1.165, 1.54) is 12.1 Å². The van der Waals surface area contributed by atoms with Crippen LogP contribution in [0, 0.1) is 11.7 Å². The molecular weight excluding hydrogens is 267 g/mol. The van der Waals surface area contributed by atoms with E-state index in [4.69, 9.17) is 0 Å². The average molecular weight is 292 g/mol. The monoisotopic (exact) mass is 292 g/mol. The maximum Gasteiger partial charge on any atom is 0.317 e. The van der Waals surface area contributed by atoms with E-state index in [0.29, 0.717) is 5.92 Å². The van der Waals surface area contributed by atoms with Gasteiger partial charge in [-0.3, -0.25) is 0 Å². The molecule has 4 heteroatoms. The van der Waals surface area contributed by atoms with E-state index in [1.54, 1.807) is 0 Å². The molecule has 1 aromatic rings. The highest BCUT2D eigenvalue weighted by molar-refractivity contribution is 5.74. The van der Waals surface area contributed by atoms with Crippen LogP contribution in [0.2, 0.25) is 0 Å². The smallest absolute Gasteiger partial charge is 0.317 e. The molecule has 0 radical (unpaired) electrons. The molecule has 116 valence electrons. The lowest BCUT2D eigenvalue weighted by Gasteiger charge is -2.25. The lowest BCUT2D eigenvalue weighted by atomic mass is 10.0. The van der Waals surface area contributed by atoms with Gasteiger partial charge in [0.2, 0.25) is 0 Å². The first-order chi connectivity index (χ1) is 10.1. The maximum absolute atomic E-state index is 12.9. The summed E-state index contributed by atoms with van der Waals surface area (Å²) in [5.74, 6) is 0.382. The molecule has 1 N–H and O–H groups in total. The van der Waals surface area contributed by atoms with E-state index in [-0.39, 0.29) is 17.9 Å². The molecule has 1 heterocycles. The normalized spacial score (nSPS) is 18.3. The van der Waals surface area contributed by atoms with Crippen molar-refractivity contribution in [2.75, 3.05) is 13.1 Å². The number of hydrogen-bond acceptors (Lipinski definition) is 1. The number of carbonyl (C=O) groups is 1. The molecule has 0 bridgehead atoms. The maximum atomic E-state index is 12.9. The van der Waals surface area contributed by atoms with Crippen LogP contribution in [0.4, 0.5) is 9.18 Å². The number of likely N-dealkylation sites (tertiary alicyclic amines) is 1. The number of urea groups is 1. The van der Waals surface area contributed by atoms with Crippen LogP contribution in [-0.4, -0.2) is 30.1 Å². The van der Waals surface area contributed by atoms with Gasteiger partial charge >= 0.3 is 6.03 Å². The Kier molecular flexibility index (Phi) is 5.59. The fraction of sp³-hybridized carbons (Fsp3) is 0.588. The van der Waals surface area contributed by atoms with E-state index >= 15 is 0 Å². The highest BCUT2D eigenvalue weighted by Crippen LogP contribution is 2.21. The molecule has 1 aromatic carbocycles. The van der Waals surface area contributed by atoms with Crippen molar-refractivity contribution in [1.29, 1.82) is 0 Å². The zero-order valence-corrected chi connectivity index (χ0v) is 12.9. The van der Waals surface area contributed by atoms with Crippen LogP contribution in [0.15, 0.2) is 24.3 Å². The van der Waals surface area contributed by atoms with Gasteiger partial charge in [-0.15, -0.1) is 0 Å². The molecule has 0 aromatic heterocycles. The molecule has 1 fully saturated rings. The number of carbonyl (C=O) groups excluding carboxylic acids is 1. The van der Waals surface area contributed by atoms with Crippen LogP contribution >= 0.6 is 0 Å². The SMILES string of the molecule is CC(C)CCNC(=O)N1CCCC1Cc1ccc(F)cc1. The molecule has 1 atom stereocenters. The second-order valence-electron chi connectivity index (χ2n) is 6.23. The molecule has 0 saturated carbocycles. The minimum absolute atomic E-state index is 0.0419. The first-order valence-electron chi connectivity index (χ1n) is 7.85. The number of rotatable bonds is 5. The predicted molar refractivity (Wildman–Crippen MR) is 82.7 cm³/mol. The minimum atomic E-state index is -0.214. The van der Waals surface area contributed by atoms with Crippen LogP contribution in [0.3, 0.4) is 0 Å². The summed E-state index contributed by atoms with van der Waals surface area (Å²) >= 11 is 0. The lowest BCUT2D eigenvalue weighted by Crippen LogP contribution is -2.44. The summed E-state index contributed by atoms with van der Waals surface area (Å²) in [4.78, 5) is 14.2. The van der Waals surface area contributed by atoms with Crippen molar-refractivity contribution in [3.63, 3.8) is 0 Å². The number of amides is 2. The summed E-state index contributed by atoms with van der Waals surface area (Å²) in [5, 5.41) is 3.01. The topological polar surface area (TPSA) is 32.3 Å². The molecular formula is C17H25FN2O. The Morgan fingerprint density at radius 1 is 1.38 bits per heavy atom. The Morgan fingerprint density at radius 2 is 2.10 bits per heavy atom. The van der Waals surface area contributed by atoms with Gasteiger partial charge in [0.1, 0.15) is 5.82 Å². The van der Waals surface area contributed by atoms with Gasteiger partial charge in [-0.25, -0.2) is 9.18 Å². The Labute approximate surface area is 126 Å². The summed E-state index contributed by atoms with van der Waals surface area (Å²) < 4.78 is 12.9. The van der Waals surface area contributed by atoms with Crippen LogP contribution in [0.25, 0.3) is 0 Å². The van der Waals surface area contributed by atoms with Gasteiger partial charge in [0, 0.05) is 19.1 Å². The van der Waals surface area contributed by atoms with Gasteiger partial charge in [0.15, 0.2) is 0 Å². The molecule has 1 saturated heterocycles. The standard InChI is InChI=1S/C17H25FN2O/c1-13(2)9-10-19-17(21)20-11-3-4-16(20)12-14-5-7-15(18)8-6-14/h5-8,13,16H,3-4,9-12H2,1-2H3,(H,19,21). The van der Waals surface area contributed by atoms with Crippen molar-refractivity contribution in [3.05, 3.63) is 35.6 Å². The Balaban J connectivity index is 1.87. The van der Waals surface area contributed by atoms with Gasteiger partial charge in [-0.1, -0.05) is 26.0 Å². The number of nitrogens with one attached hydrogen (secondary N) is 1. The Hall–Kier alpha value is -1.58. The molecule has 0 aliphatic carbocycles. The van der Waals surface area contributed by atoms with Crippen molar-refractivity contribution < 1.29 is 9.18 Å². The minimum Gasteiger partial charge on any atom is -0.338 e. The van der Waals surface area contributed by atoms with Crippen molar-refractivity contribution in [3.8, 4) is 0 Å². The van der Waals surface area contributed by atoms with E-state index in [1.807, 2.05) is 17.0 Å². The predicted octanol–water partition coefficient (Wildman–Crippen LogP) is 3.59. The van der Waals surface area contributed by atoms with Crippen LogP contribution in [0.1, 0.15) is 38.7 Å². The van der Waals surface area contributed by atoms with Crippen molar-refractivity contribution in [2.45, 2.75) is 45.6 Å². The molecule has 2 rings (SSSR count). The zero-order valence-electron chi connectivity index (χ0n) is 12.9.